The van der Waals surface area contributed by atoms with Crippen molar-refractivity contribution < 1.29 is 21.6 Å². The zero-order valence-corrected chi connectivity index (χ0v) is 12.9. The van der Waals surface area contributed by atoms with Gasteiger partial charge in [-0.1, -0.05) is 6.07 Å². The van der Waals surface area contributed by atoms with Gasteiger partial charge in [0.1, 0.15) is 0 Å². The van der Waals surface area contributed by atoms with Gasteiger partial charge in [-0.15, -0.1) is 11.6 Å². The maximum absolute atomic E-state index is 12.9. The number of alkyl halides is 4. The Morgan fingerprint density at radius 3 is 2.33 bits per heavy atom. The van der Waals surface area contributed by atoms with E-state index in [1.807, 2.05) is 0 Å². The Balaban J connectivity index is 2.42. The minimum absolute atomic E-state index is 0.0842. The summed E-state index contributed by atoms with van der Waals surface area (Å²) >= 11 is 5.92. The van der Waals surface area contributed by atoms with Crippen LogP contribution in [0.4, 0.5) is 13.2 Å². The number of halogens is 4. The van der Waals surface area contributed by atoms with Crippen LogP contribution in [0.2, 0.25) is 0 Å². The van der Waals surface area contributed by atoms with Crippen LogP contribution in [0.3, 0.4) is 0 Å². The standard InChI is InChI=1S/C13H15ClF3NO2S/c1-9-11(13(15,16)17)3-2-4-12(9)21(19,20)18-7-5-10(14)6-8-18/h2-4,10H,5-8H2,1H3. The first-order valence-electron chi connectivity index (χ1n) is 6.45. The highest BCUT2D eigenvalue weighted by molar-refractivity contribution is 7.89. The van der Waals surface area contributed by atoms with Gasteiger partial charge < -0.3 is 0 Å². The first-order chi connectivity index (χ1) is 9.64. The Labute approximate surface area is 126 Å². The summed E-state index contributed by atoms with van der Waals surface area (Å²) in [5.41, 5.74) is -1.19. The molecule has 1 heterocycles. The molecule has 0 aromatic heterocycles. The molecule has 1 aliphatic heterocycles. The minimum Gasteiger partial charge on any atom is -0.207 e. The molecule has 1 aromatic rings. The van der Waals surface area contributed by atoms with Gasteiger partial charge in [-0.3, -0.25) is 0 Å². The van der Waals surface area contributed by atoms with Crippen LogP contribution >= 0.6 is 11.6 Å². The molecule has 0 aliphatic carbocycles. The Bertz CT molecular complexity index is 623. The summed E-state index contributed by atoms with van der Waals surface area (Å²) in [5, 5.41) is -0.0842. The summed E-state index contributed by atoms with van der Waals surface area (Å²) in [5.74, 6) is 0. The lowest BCUT2D eigenvalue weighted by molar-refractivity contribution is -0.138. The fraction of sp³-hybridized carbons (Fsp3) is 0.538. The molecule has 0 saturated carbocycles. The lowest BCUT2D eigenvalue weighted by Crippen LogP contribution is -2.39. The first-order valence-corrected chi connectivity index (χ1v) is 8.32. The lowest BCUT2D eigenvalue weighted by atomic mass is 10.1. The van der Waals surface area contributed by atoms with Crippen LogP contribution in [0.1, 0.15) is 24.0 Å². The molecule has 1 aromatic carbocycles. The summed E-state index contributed by atoms with van der Waals surface area (Å²) in [6, 6.07) is 3.23. The third kappa shape index (κ3) is 3.35. The van der Waals surface area contributed by atoms with E-state index in [0.29, 0.717) is 12.8 Å². The molecule has 0 amide bonds. The molecule has 0 spiro atoms. The topological polar surface area (TPSA) is 37.4 Å². The first kappa shape index (κ1) is 16.6. The zero-order valence-electron chi connectivity index (χ0n) is 11.3. The molecular formula is C13H15ClF3NO2S. The van der Waals surface area contributed by atoms with E-state index in [-0.39, 0.29) is 28.9 Å². The molecule has 0 radical (unpaired) electrons. The Kier molecular flexibility index (Phi) is 4.56. The number of hydrogen-bond donors (Lipinski definition) is 0. The lowest BCUT2D eigenvalue weighted by Gasteiger charge is -2.29. The molecule has 1 saturated heterocycles. The zero-order chi connectivity index (χ0) is 15.8. The molecule has 0 unspecified atom stereocenters. The van der Waals surface area contributed by atoms with Crippen molar-refractivity contribution in [3.63, 3.8) is 0 Å². The van der Waals surface area contributed by atoms with Crippen LogP contribution in [0.15, 0.2) is 23.1 Å². The molecule has 0 bridgehead atoms. The maximum atomic E-state index is 12.9. The van der Waals surface area contributed by atoms with Gasteiger partial charge in [0.2, 0.25) is 10.0 Å². The molecule has 1 fully saturated rings. The summed E-state index contributed by atoms with van der Waals surface area (Å²) in [4.78, 5) is -0.287. The van der Waals surface area contributed by atoms with Gasteiger partial charge in [0.15, 0.2) is 0 Å². The predicted molar refractivity (Wildman–Crippen MR) is 73.8 cm³/mol. The summed E-state index contributed by atoms with van der Waals surface area (Å²) in [6.07, 6.45) is -3.57. The van der Waals surface area contributed by atoms with Gasteiger partial charge in [-0.2, -0.15) is 17.5 Å². The molecule has 0 N–H and O–H groups in total. The van der Waals surface area contributed by atoms with Crippen LogP contribution in [0.5, 0.6) is 0 Å². The van der Waals surface area contributed by atoms with Gasteiger partial charge >= 0.3 is 6.18 Å². The summed E-state index contributed by atoms with van der Waals surface area (Å²) in [7, 11) is -3.92. The number of nitrogens with zero attached hydrogens (tertiary/aromatic N) is 1. The van der Waals surface area contributed by atoms with Crippen molar-refractivity contribution in [2.75, 3.05) is 13.1 Å². The quantitative estimate of drug-likeness (QED) is 0.773. The summed E-state index contributed by atoms with van der Waals surface area (Å²) in [6.45, 7) is 1.64. The number of sulfonamides is 1. The van der Waals surface area contributed by atoms with Crippen LogP contribution in [0.25, 0.3) is 0 Å². The minimum atomic E-state index is -4.57. The van der Waals surface area contributed by atoms with Crippen molar-refractivity contribution in [2.24, 2.45) is 0 Å². The third-order valence-electron chi connectivity index (χ3n) is 3.59. The molecule has 21 heavy (non-hydrogen) atoms. The van der Waals surface area contributed by atoms with Crippen molar-refractivity contribution >= 4 is 21.6 Å². The van der Waals surface area contributed by atoms with Crippen LogP contribution < -0.4 is 0 Å². The monoisotopic (exact) mass is 341 g/mol. The molecule has 118 valence electrons. The third-order valence-corrected chi connectivity index (χ3v) is 6.07. The molecular weight excluding hydrogens is 327 g/mol. The van der Waals surface area contributed by atoms with E-state index >= 15 is 0 Å². The number of rotatable bonds is 2. The van der Waals surface area contributed by atoms with Crippen molar-refractivity contribution in [3.8, 4) is 0 Å². The van der Waals surface area contributed by atoms with E-state index in [2.05, 4.69) is 0 Å². The second-order valence-electron chi connectivity index (χ2n) is 5.01. The molecule has 8 heteroatoms. The molecule has 0 atom stereocenters. The number of piperidine rings is 1. The SMILES string of the molecule is Cc1c(C(F)(F)F)cccc1S(=O)(=O)N1CCC(Cl)CC1. The van der Waals surface area contributed by atoms with E-state index in [1.54, 1.807) is 0 Å². The van der Waals surface area contributed by atoms with Gasteiger partial charge in [0.25, 0.3) is 0 Å². The van der Waals surface area contributed by atoms with E-state index in [0.717, 1.165) is 12.1 Å². The van der Waals surface area contributed by atoms with Crippen LogP contribution in [0, 0.1) is 6.92 Å². The van der Waals surface area contributed by atoms with Crippen molar-refractivity contribution in [3.05, 3.63) is 29.3 Å². The van der Waals surface area contributed by atoms with Gasteiger partial charge in [0.05, 0.1) is 10.5 Å². The molecule has 2 rings (SSSR count). The highest BCUT2D eigenvalue weighted by Crippen LogP contribution is 2.35. The van der Waals surface area contributed by atoms with Crippen LogP contribution in [-0.2, 0) is 16.2 Å². The highest BCUT2D eigenvalue weighted by atomic mass is 35.5. The fourth-order valence-corrected chi connectivity index (χ4v) is 4.32. The van der Waals surface area contributed by atoms with Crippen molar-refractivity contribution in [1.82, 2.24) is 4.31 Å². The second kappa shape index (κ2) is 5.78. The number of benzene rings is 1. The van der Waals surface area contributed by atoms with Crippen LogP contribution in [-0.4, -0.2) is 31.2 Å². The van der Waals surface area contributed by atoms with Gasteiger partial charge in [0, 0.05) is 18.5 Å². The van der Waals surface area contributed by atoms with Gasteiger partial charge in [-0.25, -0.2) is 8.42 Å². The summed E-state index contributed by atoms with van der Waals surface area (Å²) < 4.78 is 64.9. The van der Waals surface area contributed by atoms with Crippen molar-refractivity contribution in [1.29, 1.82) is 0 Å². The largest absolute Gasteiger partial charge is 0.416 e. The highest BCUT2D eigenvalue weighted by Gasteiger charge is 2.36. The van der Waals surface area contributed by atoms with Gasteiger partial charge in [-0.05, 0) is 37.5 Å². The average Bonchev–Trinajstić information content (AvgIpc) is 2.37. The Morgan fingerprint density at radius 1 is 1.24 bits per heavy atom. The van der Waals surface area contributed by atoms with E-state index in [1.165, 1.54) is 17.3 Å². The predicted octanol–water partition coefficient (Wildman–Crippen LogP) is 3.41. The fourth-order valence-electron chi connectivity index (χ4n) is 2.40. The maximum Gasteiger partial charge on any atom is 0.416 e. The smallest absolute Gasteiger partial charge is 0.207 e. The Hall–Kier alpha value is -0.790. The van der Waals surface area contributed by atoms with Crippen molar-refractivity contribution in [2.45, 2.75) is 36.2 Å². The second-order valence-corrected chi connectivity index (χ2v) is 7.53. The average molecular weight is 342 g/mol. The molecule has 1 aliphatic rings. The van der Waals surface area contributed by atoms with E-state index < -0.39 is 21.8 Å². The normalized spacial score (nSPS) is 18.9. The van der Waals surface area contributed by atoms with E-state index in [9.17, 15) is 21.6 Å². The number of hydrogen-bond acceptors (Lipinski definition) is 2. The Morgan fingerprint density at radius 2 is 1.81 bits per heavy atom. The van der Waals surface area contributed by atoms with E-state index in [4.69, 9.17) is 11.6 Å². The molecule has 3 nitrogen and oxygen atoms in total.